The molecule has 0 aliphatic heterocycles. The molecule has 24 heavy (non-hydrogen) atoms. The number of benzene rings is 2. The lowest BCUT2D eigenvalue weighted by Crippen LogP contribution is -2.34. The summed E-state index contributed by atoms with van der Waals surface area (Å²) in [6.07, 6.45) is 4.17. The molecular formula is C20H26N2OS. The fourth-order valence-corrected chi connectivity index (χ4v) is 3.30. The number of unbranched alkanes of at least 4 members (excludes halogenated alkanes) is 1. The van der Waals surface area contributed by atoms with Crippen molar-refractivity contribution < 1.29 is 4.79 Å². The Hall–Kier alpha value is -1.78. The topological polar surface area (TPSA) is 55.1 Å². The summed E-state index contributed by atoms with van der Waals surface area (Å²) in [6, 6.07) is 16.1. The molecule has 0 radical (unpaired) electrons. The average molecular weight is 343 g/mol. The van der Waals surface area contributed by atoms with Gasteiger partial charge in [0.05, 0.1) is 6.04 Å². The van der Waals surface area contributed by atoms with E-state index in [2.05, 4.69) is 42.6 Å². The molecule has 0 bridgehead atoms. The molecule has 0 aromatic heterocycles. The highest BCUT2D eigenvalue weighted by Gasteiger charge is 2.11. The standard InChI is InChI=1S/C20H26N2OS/c1-3-5-8-15-9-6-11-17(13-15)24-18-12-7-10-16(14-18)22-20(23)19(21)4-2/h6-7,9-14,19H,3-5,8,21H2,1-2H3,(H,22,23). The van der Waals surface area contributed by atoms with Crippen molar-refractivity contribution in [3.63, 3.8) is 0 Å². The Balaban J connectivity index is 2.05. The SMILES string of the molecule is CCCCc1cccc(Sc2cccc(NC(=O)C(N)CC)c2)c1. The molecule has 3 nitrogen and oxygen atoms in total. The molecule has 1 amide bonds. The number of nitrogens with one attached hydrogen (secondary N) is 1. The lowest BCUT2D eigenvalue weighted by molar-refractivity contribution is -0.117. The van der Waals surface area contributed by atoms with Crippen molar-refractivity contribution in [3.8, 4) is 0 Å². The molecule has 3 N–H and O–H groups in total. The molecule has 1 atom stereocenters. The van der Waals surface area contributed by atoms with E-state index in [9.17, 15) is 4.79 Å². The number of hydrogen-bond donors (Lipinski definition) is 2. The Morgan fingerprint density at radius 1 is 1.12 bits per heavy atom. The van der Waals surface area contributed by atoms with Crippen molar-refractivity contribution in [1.29, 1.82) is 0 Å². The van der Waals surface area contributed by atoms with Crippen LogP contribution in [-0.4, -0.2) is 11.9 Å². The predicted octanol–water partition coefficient (Wildman–Crippen LogP) is 4.86. The molecule has 4 heteroatoms. The lowest BCUT2D eigenvalue weighted by Gasteiger charge is -2.11. The van der Waals surface area contributed by atoms with Gasteiger partial charge in [0, 0.05) is 15.5 Å². The highest BCUT2D eigenvalue weighted by molar-refractivity contribution is 7.99. The van der Waals surface area contributed by atoms with Crippen molar-refractivity contribution in [3.05, 3.63) is 54.1 Å². The fraction of sp³-hybridized carbons (Fsp3) is 0.350. The molecule has 2 aromatic rings. The van der Waals surface area contributed by atoms with E-state index in [0.717, 1.165) is 17.0 Å². The van der Waals surface area contributed by atoms with Gasteiger partial charge in [-0.15, -0.1) is 0 Å². The first-order chi connectivity index (χ1) is 11.6. The zero-order valence-corrected chi connectivity index (χ0v) is 15.2. The van der Waals surface area contributed by atoms with Crippen molar-refractivity contribution in [2.24, 2.45) is 5.73 Å². The lowest BCUT2D eigenvalue weighted by atomic mass is 10.1. The van der Waals surface area contributed by atoms with Crippen LogP contribution >= 0.6 is 11.8 Å². The van der Waals surface area contributed by atoms with Crippen LogP contribution in [0, 0.1) is 0 Å². The minimum absolute atomic E-state index is 0.138. The van der Waals surface area contributed by atoms with Gasteiger partial charge in [-0.1, -0.05) is 50.2 Å². The van der Waals surface area contributed by atoms with Crippen LogP contribution in [0.25, 0.3) is 0 Å². The zero-order chi connectivity index (χ0) is 17.4. The van der Waals surface area contributed by atoms with Gasteiger partial charge in [0.25, 0.3) is 0 Å². The fourth-order valence-electron chi connectivity index (χ4n) is 2.34. The Kier molecular flexibility index (Phi) is 7.35. The van der Waals surface area contributed by atoms with Gasteiger partial charge < -0.3 is 11.1 Å². The number of amides is 1. The van der Waals surface area contributed by atoms with E-state index in [-0.39, 0.29) is 5.91 Å². The first-order valence-corrected chi connectivity index (χ1v) is 9.37. The molecule has 1 unspecified atom stereocenters. The largest absolute Gasteiger partial charge is 0.325 e. The molecule has 2 aromatic carbocycles. The highest BCUT2D eigenvalue weighted by Crippen LogP contribution is 2.30. The van der Waals surface area contributed by atoms with Crippen LogP contribution in [0.2, 0.25) is 0 Å². The summed E-state index contributed by atoms with van der Waals surface area (Å²) in [5.74, 6) is -0.138. The average Bonchev–Trinajstić information content (AvgIpc) is 2.59. The summed E-state index contributed by atoms with van der Waals surface area (Å²) in [7, 11) is 0. The summed E-state index contributed by atoms with van der Waals surface area (Å²) in [6.45, 7) is 4.12. The van der Waals surface area contributed by atoms with Crippen molar-refractivity contribution >= 4 is 23.4 Å². The maximum Gasteiger partial charge on any atom is 0.241 e. The maximum absolute atomic E-state index is 11.9. The monoisotopic (exact) mass is 342 g/mol. The molecule has 2 rings (SSSR count). The first kappa shape index (κ1) is 18.6. The summed E-state index contributed by atoms with van der Waals surface area (Å²) in [5, 5.41) is 2.88. The van der Waals surface area contributed by atoms with E-state index in [1.54, 1.807) is 11.8 Å². The van der Waals surface area contributed by atoms with Crippen LogP contribution in [0.1, 0.15) is 38.7 Å². The van der Waals surface area contributed by atoms with Gasteiger partial charge in [-0.3, -0.25) is 4.79 Å². The summed E-state index contributed by atoms with van der Waals surface area (Å²) in [5.41, 5.74) is 7.93. The van der Waals surface area contributed by atoms with E-state index in [4.69, 9.17) is 5.73 Å². The van der Waals surface area contributed by atoms with Crippen molar-refractivity contribution in [2.75, 3.05) is 5.32 Å². The smallest absolute Gasteiger partial charge is 0.241 e. The minimum atomic E-state index is -0.462. The molecule has 0 fully saturated rings. The first-order valence-electron chi connectivity index (χ1n) is 8.55. The van der Waals surface area contributed by atoms with Gasteiger partial charge in [0.2, 0.25) is 5.91 Å². The van der Waals surface area contributed by atoms with Crippen LogP contribution < -0.4 is 11.1 Å². The van der Waals surface area contributed by atoms with E-state index >= 15 is 0 Å². The molecule has 0 aliphatic rings. The van der Waals surface area contributed by atoms with Crippen LogP contribution in [0.3, 0.4) is 0 Å². The molecule has 0 aliphatic carbocycles. The number of rotatable bonds is 8. The molecule has 0 spiro atoms. The predicted molar refractivity (Wildman–Crippen MR) is 103 cm³/mol. The maximum atomic E-state index is 11.9. The number of hydrogen-bond acceptors (Lipinski definition) is 3. The van der Waals surface area contributed by atoms with Gasteiger partial charge in [-0.2, -0.15) is 0 Å². The van der Waals surface area contributed by atoms with Gasteiger partial charge in [0.15, 0.2) is 0 Å². The van der Waals surface area contributed by atoms with E-state index in [1.165, 1.54) is 23.3 Å². The number of carbonyl (C=O) groups is 1. The van der Waals surface area contributed by atoms with Crippen LogP contribution in [0.5, 0.6) is 0 Å². The second kappa shape index (κ2) is 9.50. The second-order valence-electron chi connectivity index (χ2n) is 5.88. The summed E-state index contributed by atoms with van der Waals surface area (Å²) < 4.78 is 0. The normalized spacial score (nSPS) is 12.0. The second-order valence-corrected chi connectivity index (χ2v) is 7.03. The third-order valence-corrected chi connectivity index (χ3v) is 4.81. The minimum Gasteiger partial charge on any atom is -0.325 e. The van der Waals surface area contributed by atoms with Crippen molar-refractivity contribution in [2.45, 2.75) is 55.4 Å². The Morgan fingerprint density at radius 2 is 1.83 bits per heavy atom. The van der Waals surface area contributed by atoms with Crippen molar-refractivity contribution in [1.82, 2.24) is 0 Å². The molecule has 0 saturated carbocycles. The zero-order valence-electron chi connectivity index (χ0n) is 14.4. The van der Waals surface area contributed by atoms with Gasteiger partial charge >= 0.3 is 0 Å². The van der Waals surface area contributed by atoms with Crippen LogP contribution in [0.4, 0.5) is 5.69 Å². The van der Waals surface area contributed by atoms with Gasteiger partial charge in [-0.25, -0.2) is 0 Å². The molecule has 128 valence electrons. The third kappa shape index (κ3) is 5.69. The van der Waals surface area contributed by atoms with Crippen LogP contribution in [0.15, 0.2) is 58.3 Å². The summed E-state index contributed by atoms with van der Waals surface area (Å²) >= 11 is 1.71. The number of carbonyl (C=O) groups excluding carboxylic acids is 1. The van der Waals surface area contributed by atoms with Gasteiger partial charge in [-0.05, 0) is 55.2 Å². The molecule has 0 saturated heterocycles. The van der Waals surface area contributed by atoms with Crippen LogP contribution in [-0.2, 0) is 11.2 Å². The molecule has 0 heterocycles. The summed E-state index contributed by atoms with van der Waals surface area (Å²) in [4.78, 5) is 14.2. The van der Waals surface area contributed by atoms with E-state index in [1.807, 2.05) is 25.1 Å². The number of nitrogens with two attached hydrogens (primary N) is 1. The Labute approximate surface area is 149 Å². The Morgan fingerprint density at radius 3 is 2.54 bits per heavy atom. The third-order valence-electron chi connectivity index (χ3n) is 3.83. The number of anilines is 1. The van der Waals surface area contributed by atoms with E-state index < -0.39 is 6.04 Å². The van der Waals surface area contributed by atoms with Gasteiger partial charge in [0.1, 0.15) is 0 Å². The number of aryl methyl sites for hydroxylation is 1. The quantitative estimate of drug-likeness (QED) is 0.720. The Bertz CT molecular complexity index is 672. The molecular weight excluding hydrogens is 316 g/mol. The van der Waals surface area contributed by atoms with E-state index in [0.29, 0.717) is 6.42 Å². The highest BCUT2D eigenvalue weighted by atomic mass is 32.2.